The van der Waals surface area contributed by atoms with Gasteiger partial charge in [-0.25, -0.2) is 9.78 Å². The summed E-state index contributed by atoms with van der Waals surface area (Å²) in [6.07, 6.45) is -1.14. The second-order valence-electron chi connectivity index (χ2n) is 13.3. The van der Waals surface area contributed by atoms with Crippen LogP contribution in [0.5, 0.6) is 17.2 Å². The number of hydrogen-bond donors (Lipinski definition) is 0. The van der Waals surface area contributed by atoms with Gasteiger partial charge in [-0.1, -0.05) is 88.8 Å². The van der Waals surface area contributed by atoms with Crippen molar-refractivity contribution in [2.75, 3.05) is 26.5 Å². The quantitative estimate of drug-likeness (QED) is 0.0955. The number of halogens is 2. The molecule has 0 saturated carbocycles. The molecule has 0 N–H and O–H groups in total. The molecule has 3 aromatic carbocycles. The molecule has 1 amide bonds. The zero-order chi connectivity index (χ0) is 40.0. The van der Waals surface area contributed by atoms with Crippen LogP contribution < -0.4 is 9.47 Å². The Bertz CT molecular complexity index is 1870. The van der Waals surface area contributed by atoms with Gasteiger partial charge in [-0.15, -0.1) is 5.10 Å². The fraction of sp³-hybridized carbons (Fsp3) is 0.385. The third kappa shape index (κ3) is 12.9. The van der Waals surface area contributed by atoms with Crippen LogP contribution in [0.1, 0.15) is 70.5 Å². The number of nitrogens with zero attached hydrogens (tertiary/aromatic N) is 5. The minimum atomic E-state index is -2.93. The van der Waals surface area contributed by atoms with E-state index in [1.807, 2.05) is 58.9 Å². The van der Waals surface area contributed by atoms with E-state index in [4.69, 9.17) is 14.2 Å². The monoisotopic (exact) mass is 765 g/mol. The largest absolute Gasteiger partial charge is 0.465 e. The fourth-order valence-electron chi connectivity index (χ4n) is 4.72. The van der Waals surface area contributed by atoms with Gasteiger partial charge in [0, 0.05) is 25.1 Å². The summed E-state index contributed by atoms with van der Waals surface area (Å²) < 4.78 is 46.6. The van der Waals surface area contributed by atoms with Gasteiger partial charge in [0.15, 0.2) is 11.0 Å². The molecule has 0 bridgehead atoms. The van der Waals surface area contributed by atoms with Crippen molar-refractivity contribution in [3.8, 4) is 23.3 Å². The summed E-state index contributed by atoms with van der Waals surface area (Å²) in [4.78, 5) is 42.4. The number of para-hydroxylation sites is 1. The highest BCUT2D eigenvalue weighted by Crippen LogP contribution is 2.32. The molecule has 1 aromatic heterocycles. The number of carbonyl (C=O) groups excluding carboxylic acids is 3. The molecule has 0 spiro atoms. The Labute approximate surface area is 318 Å². The number of rotatable bonds is 13. The summed E-state index contributed by atoms with van der Waals surface area (Å²) in [5, 5.41) is 14.3. The van der Waals surface area contributed by atoms with Crippen LogP contribution in [0.15, 0.2) is 84.0 Å². The molecule has 4 rings (SSSR count). The number of hydrogen-bond acceptors (Lipinski definition) is 11. The number of ether oxygens (including phenoxy) is 4. The van der Waals surface area contributed by atoms with Crippen LogP contribution in [0.25, 0.3) is 0 Å². The Morgan fingerprint density at radius 1 is 0.926 bits per heavy atom. The predicted octanol–water partition coefficient (Wildman–Crippen LogP) is 8.39. The minimum Gasteiger partial charge on any atom is -0.465 e. The minimum absolute atomic E-state index is 0.00486. The SMILES string of the molecule is CC(C)[C@H](C(=O)OC(C#N)c1cccc(Oc2ccccc2)c1)c1ccc(OC(F)F)cc1.CCOC(=O)CSc1nc(C(C)(C)C)nn1C(=O)N(C)C. The summed E-state index contributed by atoms with van der Waals surface area (Å²) in [7, 11) is 3.28. The van der Waals surface area contributed by atoms with Crippen LogP contribution in [-0.2, 0) is 24.5 Å². The number of amides is 1. The predicted molar refractivity (Wildman–Crippen MR) is 199 cm³/mol. The van der Waals surface area contributed by atoms with Gasteiger partial charge < -0.3 is 23.8 Å². The second-order valence-corrected chi connectivity index (χ2v) is 14.2. The topological polar surface area (TPSA) is 146 Å². The van der Waals surface area contributed by atoms with E-state index in [0.717, 1.165) is 11.8 Å². The van der Waals surface area contributed by atoms with Crippen LogP contribution in [0.2, 0.25) is 0 Å². The molecule has 288 valence electrons. The van der Waals surface area contributed by atoms with E-state index in [1.54, 1.807) is 69.6 Å². The van der Waals surface area contributed by atoms with E-state index in [9.17, 15) is 28.4 Å². The molecule has 12 nitrogen and oxygen atoms in total. The first-order valence-electron chi connectivity index (χ1n) is 17.0. The van der Waals surface area contributed by atoms with Gasteiger partial charge in [0.1, 0.15) is 23.3 Å². The summed E-state index contributed by atoms with van der Waals surface area (Å²) in [6, 6.07) is 23.5. The van der Waals surface area contributed by atoms with Crippen molar-refractivity contribution in [1.29, 1.82) is 5.26 Å². The molecule has 0 aliphatic heterocycles. The van der Waals surface area contributed by atoms with Gasteiger partial charge in [-0.2, -0.15) is 18.7 Å². The fourth-order valence-corrected chi connectivity index (χ4v) is 5.45. The Balaban J connectivity index is 0.000000322. The molecule has 1 unspecified atom stereocenters. The Morgan fingerprint density at radius 2 is 1.57 bits per heavy atom. The maximum atomic E-state index is 13.0. The third-order valence-corrected chi connectivity index (χ3v) is 8.21. The van der Waals surface area contributed by atoms with Crippen molar-refractivity contribution < 1.29 is 42.1 Å². The number of benzene rings is 3. The molecule has 0 radical (unpaired) electrons. The molecule has 4 aromatic rings. The first kappa shape index (κ1) is 42.9. The lowest BCUT2D eigenvalue weighted by molar-refractivity contribution is -0.150. The molecule has 15 heteroatoms. The summed E-state index contributed by atoms with van der Waals surface area (Å²) in [5.41, 5.74) is 0.772. The van der Waals surface area contributed by atoms with Crippen molar-refractivity contribution in [2.45, 2.75) is 70.7 Å². The lowest BCUT2D eigenvalue weighted by Gasteiger charge is -2.22. The zero-order valence-electron chi connectivity index (χ0n) is 31.5. The van der Waals surface area contributed by atoms with Crippen molar-refractivity contribution in [3.05, 3.63) is 95.8 Å². The van der Waals surface area contributed by atoms with Crippen LogP contribution in [-0.4, -0.2) is 70.7 Å². The van der Waals surface area contributed by atoms with E-state index in [2.05, 4.69) is 14.8 Å². The summed E-state index contributed by atoms with van der Waals surface area (Å²) in [6.45, 7) is 8.72. The van der Waals surface area contributed by atoms with Crippen molar-refractivity contribution >= 4 is 29.7 Å². The van der Waals surface area contributed by atoms with Crippen molar-refractivity contribution in [3.63, 3.8) is 0 Å². The number of aromatic nitrogens is 3. The average molecular weight is 766 g/mol. The first-order chi connectivity index (χ1) is 25.5. The zero-order valence-corrected chi connectivity index (χ0v) is 32.3. The molecule has 0 saturated heterocycles. The highest BCUT2D eigenvalue weighted by atomic mass is 32.2. The number of nitriles is 1. The average Bonchev–Trinajstić information content (AvgIpc) is 3.56. The Kier molecular flexibility index (Phi) is 16.0. The summed E-state index contributed by atoms with van der Waals surface area (Å²) >= 11 is 1.15. The molecule has 54 heavy (non-hydrogen) atoms. The molecule has 0 aliphatic carbocycles. The molecule has 0 aliphatic rings. The lowest BCUT2D eigenvalue weighted by Crippen LogP contribution is -2.29. The van der Waals surface area contributed by atoms with Crippen LogP contribution >= 0.6 is 11.8 Å². The number of esters is 2. The van der Waals surface area contributed by atoms with Crippen molar-refractivity contribution in [1.82, 2.24) is 19.7 Å². The Morgan fingerprint density at radius 3 is 2.13 bits per heavy atom. The van der Waals surface area contributed by atoms with Gasteiger partial charge in [-0.05, 0) is 54.8 Å². The highest BCUT2D eigenvalue weighted by Gasteiger charge is 2.29. The second kappa shape index (κ2) is 20.1. The highest BCUT2D eigenvalue weighted by molar-refractivity contribution is 7.99. The van der Waals surface area contributed by atoms with E-state index < -0.39 is 24.6 Å². The Hall–Kier alpha value is -5.49. The van der Waals surface area contributed by atoms with Crippen LogP contribution in [0.4, 0.5) is 13.6 Å². The van der Waals surface area contributed by atoms with Crippen LogP contribution in [0, 0.1) is 17.2 Å². The van der Waals surface area contributed by atoms with Crippen molar-refractivity contribution in [2.24, 2.45) is 5.92 Å². The number of thioether (sulfide) groups is 1. The first-order valence-corrected chi connectivity index (χ1v) is 18.0. The molecule has 1 heterocycles. The molecular formula is C39H45F2N5O7S. The lowest BCUT2D eigenvalue weighted by atomic mass is 9.88. The maximum absolute atomic E-state index is 13.0. The van der Waals surface area contributed by atoms with E-state index in [-0.39, 0.29) is 34.8 Å². The van der Waals surface area contributed by atoms with Gasteiger partial charge in [0.25, 0.3) is 0 Å². The van der Waals surface area contributed by atoms with Gasteiger partial charge in [0.2, 0.25) is 6.10 Å². The third-order valence-electron chi connectivity index (χ3n) is 7.31. The van der Waals surface area contributed by atoms with E-state index in [0.29, 0.717) is 40.2 Å². The van der Waals surface area contributed by atoms with E-state index >= 15 is 0 Å². The number of carbonyl (C=O) groups is 3. The van der Waals surface area contributed by atoms with Gasteiger partial charge >= 0.3 is 24.6 Å². The molecule has 2 atom stereocenters. The van der Waals surface area contributed by atoms with Crippen LogP contribution in [0.3, 0.4) is 0 Å². The maximum Gasteiger partial charge on any atom is 0.387 e. The normalized spacial score (nSPS) is 12.1. The number of alkyl halides is 2. The van der Waals surface area contributed by atoms with Gasteiger partial charge in [0.05, 0.1) is 18.3 Å². The van der Waals surface area contributed by atoms with E-state index in [1.165, 1.54) is 21.7 Å². The molecular weight excluding hydrogens is 721 g/mol. The summed E-state index contributed by atoms with van der Waals surface area (Å²) in [5.74, 6) is 0.0107. The van der Waals surface area contributed by atoms with Gasteiger partial charge in [-0.3, -0.25) is 9.59 Å². The molecule has 0 fully saturated rings. The smallest absolute Gasteiger partial charge is 0.387 e. The standard InChI is InChI=1S/C26H23F2NO4.C13H22N4O3S/c1-17(2)24(18-11-13-21(14-12-18)32-26(27)28)25(30)33-23(16-29)19-7-6-10-22(15-19)31-20-8-4-3-5-9-20;1-7-20-9(18)8-21-11-14-10(13(2,3)4)15-17(11)12(19)16(5)6/h3-15,17,23-24,26H,1-2H3;7-8H2,1-6H3/t23?,24-;/m0./s1.